The van der Waals surface area contributed by atoms with Crippen molar-refractivity contribution in [3.05, 3.63) is 60.2 Å². The molecule has 3 nitrogen and oxygen atoms in total. The number of aldehydes is 1. The molecular weight excluding hydrogens is 262 g/mol. The third kappa shape index (κ3) is 1.57. The van der Waals surface area contributed by atoms with E-state index in [4.69, 9.17) is 4.74 Å². The van der Waals surface area contributed by atoms with Crippen molar-refractivity contribution < 1.29 is 9.53 Å². The lowest BCUT2D eigenvalue weighted by Gasteiger charge is -2.04. The molecular formula is C18H13NO2. The summed E-state index contributed by atoms with van der Waals surface area (Å²) in [7, 11) is 1.63. The number of hydrogen-bond acceptors (Lipinski definition) is 2. The summed E-state index contributed by atoms with van der Waals surface area (Å²) in [6.07, 6.45) is 0.923. The van der Waals surface area contributed by atoms with Crippen LogP contribution in [-0.2, 0) is 0 Å². The molecule has 0 radical (unpaired) electrons. The molecule has 3 heteroatoms. The third-order valence-corrected chi connectivity index (χ3v) is 3.97. The average molecular weight is 275 g/mol. The lowest BCUT2D eigenvalue weighted by molar-refractivity contribution is 0.112. The van der Waals surface area contributed by atoms with Gasteiger partial charge in [0.05, 0.1) is 23.7 Å². The molecule has 4 aromatic rings. The molecule has 4 rings (SSSR count). The summed E-state index contributed by atoms with van der Waals surface area (Å²) in [6.45, 7) is 0. The van der Waals surface area contributed by atoms with Crippen molar-refractivity contribution in [2.24, 2.45) is 0 Å². The number of rotatable bonds is 2. The van der Waals surface area contributed by atoms with E-state index in [0.717, 1.165) is 39.4 Å². The van der Waals surface area contributed by atoms with E-state index in [1.54, 1.807) is 7.11 Å². The number of ether oxygens (including phenoxy) is 1. The number of para-hydroxylation sites is 1. The number of hydrogen-bond donors (Lipinski definition) is 0. The van der Waals surface area contributed by atoms with Crippen LogP contribution in [0.15, 0.2) is 54.6 Å². The van der Waals surface area contributed by atoms with E-state index >= 15 is 0 Å². The molecule has 0 saturated carbocycles. The number of nitrogens with zero attached hydrogens (tertiary/aromatic N) is 1. The number of pyridine rings is 1. The maximum absolute atomic E-state index is 11.6. The Balaban J connectivity index is 2.30. The highest BCUT2D eigenvalue weighted by Gasteiger charge is 2.13. The zero-order valence-electron chi connectivity index (χ0n) is 11.5. The molecule has 0 aliphatic rings. The molecule has 2 aromatic carbocycles. The van der Waals surface area contributed by atoms with Gasteiger partial charge in [0, 0.05) is 10.9 Å². The van der Waals surface area contributed by atoms with Crippen LogP contribution < -0.4 is 4.74 Å². The van der Waals surface area contributed by atoms with Crippen molar-refractivity contribution in [3.8, 4) is 5.75 Å². The van der Waals surface area contributed by atoms with Crippen molar-refractivity contribution >= 4 is 33.6 Å². The number of methoxy groups -OCH3 is 1. The van der Waals surface area contributed by atoms with Gasteiger partial charge in [-0.25, -0.2) is 0 Å². The van der Waals surface area contributed by atoms with E-state index in [2.05, 4.69) is 16.5 Å². The molecule has 0 spiro atoms. The van der Waals surface area contributed by atoms with E-state index in [1.165, 1.54) is 0 Å². The summed E-state index contributed by atoms with van der Waals surface area (Å²) >= 11 is 0. The minimum absolute atomic E-state index is 0.703. The summed E-state index contributed by atoms with van der Waals surface area (Å²) in [6, 6.07) is 18.1. The summed E-state index contributed by atoms with van der Waals surface area (Å²) in [5.41, 5.74) is 3.74. The summed E-state index contributed by atoms with van der Waals surface area (Å²) < 4.78 is 7.41. The van der Waals surface area contributed by atoms with Gasteiger partial charge < -0.3 is 9.14 Å². The fourth-order valence-corrected chi connectivity index (χ4v) is 2.99. The Bertz CT molecular complexity index is 998. The first-order valence-corrected chi connectivity index (χ1v) is 6.78. The van der Waals surface area contributed by atoms with Crippen molar-refractivity contribution in [2.75, 3.05) is 7.11 Å². The number of carbonyl (C=O) groups excluding carboxylic acids is 1. The zero-order chi connectivity index (χ0) is 14.4. The van der Waals surface area contributed by atoms with Gasteiger partial charge in [-0.2, -0.15) is 0 Å². The fraction of sp³-hybridized carbons (Fsp3) is 0.0556. The van der Waals surface area contributed by atoms with Crippen LogP contribution in [-0.4, -0.2) is 17.8 Å². The topological polar surface area (TPSA) is 30.7 Å². The van der Waals surface area contributed by atoms with Gasteiger partial charge in [0.15, 0.2) is 6.29 Å². The first-order chi connectivity index (χ1) is 10.3. The average Bonchev–Trinajstić information content (AvgIpc) is 2.87. The van der Waals surface area contributed by atoms with Gasteiger partial charge in [-0.1, -0.05) is 24.3 Å². The SMILES string of the molecule is COc1ccc2c(c1)c(C=O)c1ccc3ccccc3n12. The summed E-state index contributed by atoms with van der Waals surface area (Å²) in [5.74, 6) is 0.755. The van der Waals surface area contributed by atoms with Gasteiger partial charge in [0.25, 0.3) is 0 Å². The Morgan fingerprint density at radius 3 is 2.57 bits per heavy atom. The van der Waals surface area contributed by atoms with E-state index in [-0.39, 0.29) is 0 Å². The smallest absolute Gasteiger partial charge is 0.152 e. The Morgan fingerprint density at radius 2 is 1.76 bits per heavy atom. The van der Waals surface area contributed by atoms with Crippen LogP contribution >= 0.6 is 0 Å². The zero-order valence-corrected chi connectivity index (χ0v) is 11.5. The van der Waals surface area contributed by atoms with Crippen molar-refractivity contribution in [1.29, 1.82) is 0 Å². The van der Waals surface area contributed by atoms with E-state index < -0.39 is 0 Å². The molecule has 0 bridgehead atoms. The molecule has 0 amide bonds. The van der Waals surface area contributed by atoms with Gasteiger partial charge in [-0.15, -0.1) is 0 Å². The second kappa shape index (κ2) is 4.35. The number of carbonyl (C=O) groups is 1. The first-order valence-electron chi connectivity index (χ1n) is 6.78. The lowest BCUT2D eigenvalue weighted by atomic mass is 10.1. The molecule has 2 aromatic heterocycles. The number of fused-ring (bicyclic) bond motifs is 5. The predicted octanol–water partition coefficient (Wildman–Crippen LogP) is 4.07. The number of aromatic nitrogens is 1. The Kier molecular flexibility index (Phi) is 2.48. The minimum Gasteiger partial charge on any atom is -0.497 e. The summed E-state index contributed by atoms with van der Waals surface area (Å²) in [4.78, 5) is 11.6. The van der Waals surface area contributed by atoms with Gasteiger partial charge in [0.2, 0.25) is 0 Å². The Labute approximate surface area is 121 Å². The van der Waals surface area contributed by atoms with Crippen molar-refractivity contribution in [2.45, 2.75) is 0 Å². The van der Waals surface area contributed by atoms with Crippen LogP contribution in [0, 0.1) is 0 Å². The van der Waals surface area contributed by atoms with Crippen LogP contribution in [0.4, 0.5) is 0 Å². The van der Waals surface area contributed by atoms with Crippen molar-refractivity contribution in [3.63, 3.8) is 0 Å². The maximum atomic E-state index is 11.6. The molecule has 0 aliphatic carbocycles. The third-order valence-electron chi connectivity index (χ3n) is 3.97. The highest BCUT2D eigenvalue weighted by Crippen LogP contribution is 2.31. The second-order valence-corrected chi connectivity index (χ2v) is 5.03. The highest BCUT2D eigenvalue weighted by atomic mass is 16.5. The van der Waals surface area contributed by atoms with Crippen LogP contribution in [0.25, 0.3) is 27.3 Å². The lowest BCUT2D eigenvalue weighted by Crippen LogP contribution is -1.88. The van der Waals surface area contributed by atoms with Crippen LogP contribution in [0.1, 0.15) is 10.4 Å². The van der Waals surface area contributed by atoms with E-state index in [9.17, 15) is 4.79 Å². The maximum Gasteiger partial charge on any atom is 0.152 e. The standard InChI is InChI=1S/C18H13NO2/c1-21-13-7-9-17-14(10-13)15(11-20)18-8-6-12-4-2-3-5-16(12)19(17)18/h2-11H,1H3. The van der Waals surface area contributed by atoms with Gasteiger partial charge in [-0.05, 0) is 35.7 Å². The monoisotopic (exact) mass is 275 g/mol. The quantitative estimate of drug-likeness (QED) is 0.516. The van der Waals surface area contributed by atoms with Crippen molar-refractivity contribution in [1.82, 2.24) is 4.40 Å². The van der Waals surface area contributed by atoms with E-state index in [1.807, 2.05) is 42.5 Å². The minimum atomic E-state index is 0.703. The molecule has 0 fully saturated rings. The second-order valence-electron chi connectivity index (χ2n) is 5.03. The van der Waals surface area contributed by atoms with Crippen LogP contribution in [0.2, 0.25) is 0 Å². The van der Waals surface area contributed by atoms with Gasteiger partial charge in [0.1, 0.15) is 5.75 Å². The normalized spacial score (nSPS) is 11.3. The van der Waals surface area contributed by atoms with Crippen LogP contribution in [0.5, 0.6) is 5.75 Å². The molecule has 2 heterocycles. The van der Waals surface area contributed by atoms with Gasteiger partial charge >= 0.3 is 0 Å². The van der Waals surface area contributed by atoms with Gasteiger partial charge in [-0.3, -0.25) is 4.79 Å². The van der Waals surface area contributed by atoms with Crippen LogP contribution in [0.3, 0.4) is 0 Å². The molecule has 0 aliphatic heterocycles. The molecule has 21 heavy (non-hydrogen) atoms. The molecule has 0 unspecified atom stereocenters. The Morgan fingerprint density at radius 1 is 0.952 bits per heavy atom. The van der Waals surface area contributed by atoms with E-state index in [0.29, 0.717) is 5.56 Å². The molecule has 0 N–H and O–H groups in total. The molecule has 102 valence electrons. The molecule has 0 atom stereocenters. The highest BCUT2D eigenvalue weighted by molar-refractivity contribution is 6.08. The Hall–Kier alpha value is -2.81. The first kappa shape index (κ1) is 12.0. The number of benzene rings is 2. The predicted molar refractivity (Wildman–Crippen MR) is 84.3 cm³/mol. The summed E-state index contributed by atoms with van der Waals surface area (Å²) in [5, 5.41) is 2.07. The fourth-order valence-electron chi connectivity index (χ4n) is 2.99. The molecule has 0 saturated heterocycles. The largest absolute Gasteiger partial charge is 0.497 e.